The van der Waals surface area contributed by atoms with Crippen LogP contribution in [0.5, 0.6) is 0 Å². The number of carbonyl (C=O) groups is 1. The molecule has 0 bridgehead atoms. The summed E-state index contributed by atoms with van der Waals surface area (Å²) >= 11 is 5.99. The van der Waals surface area contributed by atoms with E-state index in [0.717, 1.165) is 42.6 Å². The Morgan fingerprint density at radius 2 is 2.04 bits per heavy atom. The van der Waals surface area contributed by atoms with E-state index in [2.05, 4.69) is 22.4 Å². The van der Waals surface area contributed by atoms with Crippen LogP contribution in [0.3, 0.4) is 0 Å². The molecule has 0 spiro atoms. The number of halogens is 2. The zero-order chi connectivity index (χ0) is 16.7. The Morgan fingerprint density at radius 3 is 2.72 bits per heavy atom. The quantitative estimate of drug-likeness (QED) is 0.852. The van der Waals surface area contributed by atoms with Crippen molar-refractivity contribution in [3.8, 4) is 0 Å². The molecule has 2 aromatic rings. The van der Waals surface area contributed by atoms with Crippen molar-refractivity contribution in [1.82, 2.24) is 20.4 Å². The summed E-state index contributed by atoms with van der Waals surface area (Å²) in [5.74, 6) is 0.0288. The maximum atomic E-state index is 13.2. The van der Waals surface area contributed by atoms with Crippen molar-refractivity contribution in [1.29, 1.82) is 0 Å². The van der Waals surface area contributed by atoms with E-state index >= 15 is 0 Å². The monoisotopic (exact) mass is 380 g/mol. The number of hydrogen-bond donors (Lipinski definition) is 2. The molecule has 25 heavy (non-hydrogen) atoms. The molecule has 1 aromatic carbocycles. The molecule has 4 rings (SSSR count). The van der Waals surface area contributed by atoms with Gasteiger partial charge in [-0.25, -0.2) is 0 Å². The maximum Gasteiger partial charge on any atom is 0.275 e. The fourth-order valence-corrected chi connectivity index (χ4v) is 3.56. The van der Waals surface area contributed by atoms with E-state index < -0.39 is 0 Å². The number of benzene rings is 1. The minimum absolute atomic E-state index is 0. The van der Waals surface area contributed by atoms with E-state index in [0.29, 0.717) is 23.3 Å². The molecular formula is C18H22Cl2N4O. The smallest absolute Gasteiger partial charge is 0.275 e. The van der Waals surface area contributed by atoms with Crippen molar-refractivity contribution >= 4 is 29.9 Å². The van der Waals surface area contributed by atoms with Crippen LogP contribution in [-0.2, 0) is 13.0 Å². The van der Waals surface area contributed by atoms with Gasteiger partial charge in [0.25, 0.3) is 5.91 Å². The van der Waals surface area contributed by atoms with Gasteiger partial charge in [-0.3, -0.25) is 9.89 Å². The van der Waals surface area contributed by atoms with E-state index in [-0.39, 0.29) is 24.4 Å². The molecule has 5 nitrogen and oxygen atoms in total. The van der Waals surface area contributed by atoms with Crippen LogP contribution in [0.2, 0.25) is 5.02 Å². The van der Waals surface area contributed by atoms with Gasteiger partial charge in [0.1, 0.15) is 0 Å². The number of aromatic nitrogens is 2. The van der Waals surface area contributed by atoms with Crippen molar-refractivity contribution in [2.24, 2.45) is 0 Å². The molecule has 1 saturated carbocycles. The molecule has 0 radical (unpaired) electrons. The third-order valence-corrected chi connectivity index (χ3v) is 5.21. The molecule has 134 valence electrons. The van der Waals surface area contributed by atoms with Crippen LogP contribution in [-0.4, -0.2) is 33.6 Å². The topological polar surface area (TPSA) is 61.0 Å². The molecule has 1 aliphatic carbocycles. The number of aromatic amines is 1. The molecule has 1 aliphatic heterocycles. The van der Waals surface area contributed by atoms with Gasteiger partial charge in [0.05, 0.1) is 6.04 Å². The summed E-state index contributed by atoms with van der Waals surface area (Å²) in [5.41, 5.74) is 3.79. The molecule has 2 heterocycles. The van der Waals surface area contributed by atoms with Crippen LogP contribution in [0.4, 0.5) is 0 Å². The number of fused-ring (bicyclic) bond motifs is 1. The summed E-state index contributed by atoms with van der Waals surface area (Å²) in [6.07, 6.45) is 3.02. The van der Waals surface area contributed by atoms with Crippen molar-refractivity contribution in [2.45, 2.75) is 44.8 Å². The summed E-state index contributed by atoms with van der Waals surface area (Å²) in [7, 11) is 0. The highest BCUT2D eigenvalue weighted by Gasteiger charge is 2.38. The van der Waals surface area contributed by atoms with Gasteiger partial charge in [0, 0.05) is 41.8 Å². The Balaban J connectivity index is 0.00000182. The van der Waals surface area contributed by atoms with Gasteiger partial charge in [0.2, 0.25) is 0 Å². The number of nitrogens with one attached hydrogen (secondary N) is 2. The lowest BCUT2D eigenvalue weighted by Gasteiger charge is -2.29. The first-order valence-corrected chi connectivity index (χ1v) is 8.88. The number of carbonyl (C=O) groups excluding carboxylic acids is 1. The molecule has 1 unspecified atom stereocenters. The fourth-order valence-electron chi connectivity index (χ4n) is 3.44. The first-order valence-electron chi connectivity index (χ1n) is 8.50. The second-order valence-corrected chi connectivity index (χ2v) is 7.06. The van der Waals surface area contributed by atoms with E-state index in [1.165, 1.54) is 0 Å². The zero-order valence-electron chi connectivity index (χ0n) is 14.1. The normalized spacial score (nSPS) is 17.4. The lowest BCUT2D eigenvalue weighted by atomic mass is 10.0. The summed E-state index contributed by atoms with van der Waals surface area (Å²) in [6.45, 7) is 3.72. The van der Waals surface area contributed by atoms with Crippen LogP contribution in [0.1, 0.15) is 53.1 Å². The van der Waals surface area contributed by atoms with Crippen molar-refractivity contribution in [3.05, 3.63) is 51.8 Å². The third kappa shape index (κ3) is 3.54. The summed E-state index contributed by atoms with van der Waals surface area (Å²) in [4.78, 5) is 15.2. The molecule has 0 saturated heterocycles. The third-order valence-electron chi connectivity index (χ3n) is 4.95. The van der Waals surface area contributed by atoms with Crippen LogP contribution in [0.25, 0.3) is 0 Å². The highest BCUT2D eigenvalue weighted by atomic mass is 35.5. The minimum atomic E-state index is 0. The van der Waals surface area contributed by atoms with E-state index in [9.17, 15) is 4.79 Å². The standard InChI is InChI=1S/C18H21ClN4O.ClH/c1-11(12-2-4-13(19)5-3-12)23(14-6-7-14)18(24)17-15-10-20-9-8-16(15)21-22-17;/h2-5,11,14,20H,6-10H2,1H3,(H,21,22);1H. The number of nitrogens with zero attached hydrogens (tertiary/aromatic N) is 2. The minimum Gasteiger partial charge on any atom is -0.328 e. The predicted molar refractivity (Wildman–Crippen MR) is 100 cm³/mol. The number of rotatable bonds is 4. The van der Waals surface area contributed by atoms with Crippen LogP contribution >= 0.6 is 24.0 Å². The molecule has 2 N–H and O–H groups in total. The largest absolute Gasteiger partial charge is 0.328 e. The van der Waals surface area contributed by atoms with Gasteiger partial charge in [-0.1, -0.05) is 23.7 Å². The second-order valence-electron chi connectivity index (χ2n) is 6.63. The van der Waals surface area contributed by atoms with Gasteiger partial charge in [0.15, 0.2) is 5.69 Å². The molecule has 1 fully saturated rings. The van der Waals surface area contributed by atoms with Crippen molar-refractivity contribution in [3.63, 3.8) is 0 Å². The highest BCUT2D eigenvalue weighted by molar-refractivity contribution is 6.30. The Morgan fingerprint density at radius 1 is 1.32 bits per heavy atom. The Kier molecular flexibility index (Phi) is 5.37. The van der Waals surface area contributed by atoms with E-state index in [1.54, 1.807) is 0 Å². The van der Waals surface area contributed by atoms with E-state index in [4.69, 9.17) is 11.6 Å². The Bertz CT molecular complexity index is 755. The van der Waals surface area contributed by atoms with Gasteiger partial charge in [-0.15, -0.1) is 12.4 Å². The molecular weight excluding hydrogens is 359 g/mol. The second kappa shape index (κ2) is 7.36. The fraction of sp³-hybridized carbons (Fsp3) is 0.444. The summed E-state index contributed by atoms with van der Waals surface area (Å²) < 4.78 is 0. The Labute approximate surface area is 158 Å². The SMILES string of the molecule is CC(c1ccc(Cl)cc1)N(C(=O)c1n[nH]c2c1CNCC2)C1CC1.Cl. The first kappa shape index (κ1) is 18.2. The van der Waals surface area contributed by atoms with Gasteiger partial charge in [-0.2, -0.15) is 5.10 Å². The maximum absolute atomic E-state index is 13.2. The van der Waals surface area contributed by atoms with Crippen molar-refractivity contribution < 1.29 is 4.79 Å². The molecule has 1 aromatic heterocycles. The highest BCUT2D eigenvalue weighted by Crippen LogP contribution is 2.36. The summed E-state index contributed by atoms with van der Waals surface area (Å²) in [6, 6.07) is 8.07. The first-order chi connectivity index (χ1) is 11.6. The van der Waals surface area contributed by atoms with Crippen LogP contribution in [0.15, 0.2) is 24.3 Å². The van der Waals surface area contributed by atoms with Gasteiger partial charge >= 0.3 is 0 Å². The molecule has 7 heteroatoms. The molecule has 2 aliphatic rings. The number of H-pyrrole nitrogens is 1. The Hall–Kier alpha value is -1.56. The van der Waals surface area contributed by atoms with Crippen molar-refractivity contribution in [2.75, 3.05) is 6.54 Å². The number of amides is 1. The van der Waals surface area contributed by atoms with Gasteiger partial charge < -0.3 is 10.2 Å². The zero-order valence-corrected chi connectivity index (χ0v) is 15.7. The summed E-state index contributed by atoms with van der Waals surface area (Å²) in [5, 5.41) is 11.4. The lowest BCUT2D eigenvalue weighted by molar-refractivity contribution is 0.0666. The van der Waals surface area contributed by atoms with E-state index in [1.807, 2.05) is 29.2 Å². The van der Waals surface area contributed by atoms with Crippen LogP contribution < -0.4 is 5.32 Å². The van der Waals surface area contributed by atoms with Crippen LogP contribution in [0, 0.1) is 0 Å². The van der Waals surface area contributed by atoms with Gasteiger partial charge in [-0.05, 0) is 37.5 Å². The average Bonchev–Trinajstić information content (AvgIpc) is 3.33. The number of hydrogen-bond acceptors (Lipinski definition) is 3. The lowest BCUT2D eigenvalue weighted by Crippen LogP contribution is -2.37. The predicted octanol–water partition coefficient (Wildman–Crippen LogP) is 3.50. The molecule has 1 amide bonds. The average molecular weight is 381 g/mol. The molecule has 1 atom stereocenters.